The molecule has 0 aliphatic rings. The molecular weight excluding hydrogens is 829 g/mol. The zero-order valence-corrected chi connectivity index (χ0v) is 36.3. The van der Waals surface area contributed by atoms with Gasteiger partial charge < -0.3 is 68.0 Å². The summed E-state index contributed by atoms with van der Waals surface area (Å²) in [6, 6.07) is 5.58. The first-order valence-corrected chi connectivity index (χ1v) is 22.3. The lowest BCUT2D eigenvalue weighted by molar-refractivity contribution is -0.131. The van der Waals surface area contributed by atoms with Crippen molar-refractivity contribution < 1.29 is 66.4 Å². The summed E-state index contributed by atoms with van der Waals surface area (Å²) in [5.74, 6) is -1.06. The van der Waals surface area contributed by atoms with Gasteiger partial charge in [-0.1, -0.05) is 26.0 Å². The lowest BCUT2D eigenvalue weighted by atomic mass is 10.0. The van der Waals surface area contributed by atoms with Gasteiger partial charge in [-0.3, -0.25) is 19.3 Å². The number of benzene rings is 1. The van der Waals surface area contributed by atoms with Gasteiger partial charge in [0.25, 0.3) is 18.8 Å². The zero-order valence-electron chi connectivity index (χ0n) is 34.6. The number of nitriles is 3. The molecule has 338 valence electrons. The fourth-order valence-corrected chi connectivity index (χ4v) is 5.32. The van der Waals surface area contributed by atoms with Crippen LogP contribution in [0.4, 0.5) is 0 Å². The molecule has 0 saturated carbocycles. The number of hydrogen-bond donors (Lipinski definition) is 4. The highest BCUT2D eigenvalue weighted by atomic mass is 32.5. The van der Waals surface area contributed by atoms with E-state index in [-0.39, 0.29) is 138 Å². The predicted octanol–water partition coefficient (Wildman–Crippen LogP) is 0.178. The first-order valence-electron chi connectivity index (χ1n) is 19.2. The lowest BCUT2D eigenvalue weighted by Gasteiger charge is -2.30. The molecule has 1 aromatic rings. The predicted molar refractivity (Wildman–Crippen MR) is 219 cm³/mol. The van der Waals surface area contributed by atoms with E-state index in [1.54, 1.807) is 43.0 Å². The summed E-state index contributed by atoms with van der Waals surface area (Å²) in [7, 11) is 0. The number of hydrogen-bond acceptors (Lipinski definition) is 18. The molecule has 4 N–H and O–H groups in total. The fraction of sp³-hybridized carbons (Fsp3) is 0.676. The molecule has 0 fully saturated rings. The average Bonchev–Trinajstić information content (AvgIpc) is 3.22. The van der Waals surface area contributed by atoms with Crippen LogP contribution in [-0.4, -0.2) is 172 Å². The second kappa shape index (κ2) is 38.8. The summed E-state index contributed by atoms with van der Waals surface area (Å²) in [6.45, 7) is 5.22. The first-order chi connectivity index (χ1) is 29.1. The van der Waals surface area contributed by atoms with Crippen molar-refractivity contribution in [1.29, 1.82) is 15.8 Å². The third kappa shape index (κ3) is 33.5. The minimum atomic E-state index is -2.99. The van der Waals surface area contributed by atoms with Crippen molar-refractivity contribution >= 4 is 36.0 Å². The van der Waals surface area contributed by atoms with E-state index >= 15 is 0 Å². The molecule has 2 atom stereocenters. The lowest BCUT2D eigenvalue weighted by Crippen LogP contribution is -2.54. The Morgan fingerprint density at radius 2 is 0.983 bits per heavy atom. The van der Waals surface area contributed by atoms with Crippen LogP contribution in [0.5, 0.6) is 5.75 Å². The maximum atomic E-state index is 13.8. The Kier molecular flexibility index (Phi) is 36.0. The van der Waals surface area contributed by atoms with Gasteiger partial charge in [0.2, 0.25) is 24.2 Å². The smallest absolute Gasteiger partial charge is 0.286 e. The van der Waals surface area contributed by atoms with E-state index in [1.807, 2.05) is 13.8 Å². The Morgan fingerprint density at radius 3 is 1.35 bits per heavy atom. The van der Waals surface area contributed by atoms with E-state index in [4.69, 9.17) is 60.5 Å². The van der Waals surface area contributed by atoms with E-state index in [0.717, 1.165) is 0 Å². The summed E-state index contributed by atoms with van der Waals surface area (Å²) in [5, 5.41) is 33.5. The van der Waals surface area contributed by atoms with Gasteiger partial charge in [-0.2, -0.15) is 15.8 Å². The van der Waals surface area contributed by atoms with Crippen molar-refractivity contribution in [2.24, 2.45) is 0 Å². The van der Waals surface area contributed by atoms with Gasteiger partial charge in [0.05, 0.1) is 98.4 Å². The number of ether oxygens (including phenoxy) is 9. The number of nitrogens with zero attached hydrogens (tertiary/aromatic N) is 4. The Balaban J connectivity index is 0.0000171. The molecule has 0 aliphatic carbocycles. The molecule has 0 spiro atoms. The van der Waals surface area contributed by atoms with Crippen molar-refractivity contribution in [3.8, 4) is 24.5 Å². The van der Waals surface area contributed by atoms with E-state index in [0.29, 0.717) is 11.3 Å². The largest absolute Gasteiger partial charge is 0.444 e. The third-order valence-electron chi connectivity index (χ3n) is 7.05. The minimum Gasteiger partial charge on any atom is -0.444 e. The van der Waals surface area contributed by atoms with Crippen LogP contribution in [0.3, 0.4) is 0 Å². The standard InChI is InChI=1S/C35H54N7O14PS.C2H6/c1-57(46,58)56-31-4-2-30(3-5-31)24-32(35(45)41-8-11-49-14-17-52-20-23-55-29-38)42(25-33(43)39-6-9-47-12-15-50-18-21-53-27-36)26-34(44)40-7-10-48-13-16-51-19-22-54-28-37;1-2/h2-5,32H,6-26H2,1H3,(H,39,43)(H,40,44)(H,41,45)(H,46,58);1-2H3. The Labute approximate surface area is 357 Å². The number of carbonyl (C=O) groups excluding carboxylic acids is 3. The van der Waals surface area contributed by atoms with Crippen LogP contribution in [0.2, 0.25) is 0 Å². The highest BCUT2D eigenvalue weighted by Crippen LogP contribution is 2.38. The summed E-state index contributed by atoms with van der Waals surface area (Å²) in [4.78, 5) is 51.7. The third-order valence-corrected chi connectivity index (χ3v) is 7.82. The van der Waals surface area contributed by atoms with Crippen molar-refractivity contribution in [1.82, 2.24) is 20.9 Å². The van der Waals surface area contributed by atoms with Crippen LogP contribution in [0.15, 0.2) is 24.3 Å². The summed E-state index contributed by atoms with van der Waals surface area (Å²) in [6.07, 6.45) is 4.73. The van der Waals surface area contributed by atoms with E-state index in [2.05, 4.69) is 30.2 Å². The molecule has 2 unspecified atom stereocenters. The van der Waals surface area contributed by atoms with Gasteiger partial charge in [-0.15, -0.1) is 0 Å². The van der Waals surface area contributed by atoms with E-state index < -0.39 is 30.3 Å². The maximum absolute atomic E-state index is 13.8. The quantitative estimate of drug-likeness (QED) is 0.0394. The van der Waals surface area contributed by atoms with Crippen molar-refractivity contribution in [3.05, 3.63) is 29.8 Å². The summed E-state index contributed by atoms with van der Waals surface area (Å²) < 4.78 is 51.4. The van der Waals surface area contributed by atoms with Gasteiger partial charge in [-0.05, 0) is 35.9 Å². The molecule has 23 heteroatoms. The van der Waals surface area contributed by atoms with Gasteiger partial charge in [0.15, 0.2) is 0 Å². The molecule has 0 radical (unpaired) electrons. The zero-order chi connectivity index (χ0) is 44.5. The van der Waals surface area contributed by atoms with E-state index in [9.17, 15) is 19.3 Å². The molecule has 1 rings (SSSR count). The minimum absolute atomic E-state index is 0.0799. The Hall–Kier alpha value is -4.37. The molecule has 0 aromatic heterocycles. The second-order valence-electron chi connectivity index (χ2n) is 11.6. The van der Waals surface area contributed by atoms with Gasteiger partial charge in [-0.25, -0.2) is 0 Å². The monoisotopic (exact) mass is 889 g/mol. The maximum Gasteiger partial charge on any atom is 0.286 e. The normalized spacial score (nSPS) is 11.9. The average molecular weight is 890 g/mol. The summed E-state index contributed by atoms with van der Waals surface area (Å²) >= 11 is 4.99. The van der Waals surface area contributed by atoms with Crippen LogP contribution in [0, 0.1) is 34.6 Å². The number of nitrogens with one attached hydrogen (secondary N) is 3. The van der Waals surface area contributed by atoms with E-state index in [1.165, 1.54) is 11.6 Å². The first kappa shape index (κ1) is 55.6. The molecule has 60 heavy (non-hydrogen) atoms. The molecule has 21 nitrogen and oxygen atoms in total. The number of carbonyl (C=O) groups is 3. The van der Waals surface area contributed by atoms with Crippen LogP contribution in [0.25, 0.3) is 0 Å². The second-order valence-corrected chi connectivity index (χ2v) is 15.5. The van der Waals surface area contributed by atoms with Crippen LogP contribution in [0.1, 0.15) is 19.4 Å². The topological polar surface area (TPSA) is 274 Å². The Morgan fingerprint density at radius 1 is 0.633 bits per heavy atom. The molecule has 0 saturated heterocycles. The van der Waals surface area contributed by atoms with Crippen LogP contribution < -0.4 is 20.5 Å². The number of rotatable bonds is 37. The molecule has 1 aromatic carbocycles. The fourth-order valence-electron chi connectivity index (χ4n) is 4.54. The van der Waals surface area contributed by atoms with Crippen molar-refractivity contribution in [2.75, 3.05) is 138 Å². The van der Waals surface area contributed by atoms with Gasteiger partial charge in [0, 0.05) is 26.3 Å². The molecule has 0 heterocycles. The SMILES string of the molecule is CC.CP(O)(=S)Oc1ccc(CC(C(=O)NCCOCCOCCOC#N)N(CC(=O)NCCOCCOCCOC#N)CC(=O)NCCOCCOCCOC#N)cc1. The number of amides is 3. The molecule has 0 aliphatic heterocycles. The highest BCUT2D eigenvalue weighted by molar-refractivity contribution is 8.09. The molecule has 0 bridgehead atoms. The molecule has 3 amide bonds. The van der Waals surface area contributed by atoms with Crippen LogP contribution >= 0.6 is 6.49 Å². The van der Waals surface area contributed by atoms with Crippen molar-refractivity contribution in [2.45, 2.75) is 26.3 Å². The van der Waals surface area contributed by atoms with Gasteiger partial charge >= 0.3 is 0 Å². The summed E-state index contributed by atoms with van der Waals surface area (Å²) in [5.41, 5.74) is 0.666. The van der Waals surface area contributed by atoms with Crippen molar-refractivity contribution in [3.63, 3.8) is 0 Å². The highest BCUT2D eigenvalue weighted by Gasteiger charge is 2.29. The Bertz CT molecular complexity index is 1410. The van der Waals surface area contributed by atoms with Crippen LogP contribution in [-0.2, 0) is 75.2 Å². The molecular formula is C37H60N7O14PS. The van der Waals surface area contributed by atoms with Gasteiger partial charge in [0.1, 0.15) is 25.6 Å².